The van der Waals surface area contributed by atoms with E-state index in [1.807, 2.05) is 0 Å². The fraction of sp³-hybridized carbons (Fsp3) is 0.462. The molecule has 0 radical (unpaired) electrons. The van der Waals surface area contributed by atoms with E-state index in [-0.39, 0.29) is 10.8 Å². The molecule has 2 rings (SSSR count). The summed E-state index contributed by atoms with van der Waals surface area (Å²) in [5.74, 6) is -0.483. The minimum absolute atomic E-state index is 0.0300. The minimum atomic E-state index is -3.43. The summed E-state index contributed by atoms with van der Waals surface area (Å²) >= 11 is 0. The predicted octanol–water partition coefficient (Wildman–Crippen LogP) is 1.61. The highest BCUT2D eigenvalue weighted by Crippen LogP contribution is 2.24. The first-order chi connectivity index (χ1) is 8.91. The van der Waals surface area contributed by atoms with Crippen molar-refractivity contribution < 1.29 is 17.6 Å². The Morgan fingerprint density at radius 3 is 2.21 bits per heavy atom. The van der Waals surface area contributed by atoms with Crippen molar-refractivity contribution in [3.05, 3.63) is 30.1 Å². The smallest absolute Gasteiger partial charge is 0.219 e. The number of nitrogens with zero attached hydrogens (tertiary/aromatic N) is 1. The lowest BCUT2D eigenvalue weighted by Crippen LogP contribution is -2.41. The molecule has 0 unspecified atom stereocenters. The Morgan fingerprint density at radius 1 is 1.21 bits per heavy atom. The van der Waals surface area contributed by atoms with Gasteiger partial charge in [0, 0.05) is 20.0 Å². The number of hydrogen-bond acceptors (Lipinski definition) is 3. The van der Waals surface area contributed by atoms with Crippen LogP contribution < -0.4 is 0 Å². The van der Waals surface area contributed by atoms with Crippen LogP contribution >= 0.6 is 0 Å². The molecule has 0 spiro atoms. The maximum absolute atomic E-state index is 12.8. The van der Waals surface area contributed by atoms with Crippen LogP contribution in [-0.2, 0) is 14.6 Å². The molecule has 19 heavy (non-hydrogen) atoms. The van der Waals surface area contributed by atoms with E-state index in [0.717, 1.165) is 12.1 Å². The number of amides is 1. The van der Waals surface area contributed by atoms with E-state index >= 15 is 0 Å². The minimum Gasteiger partial charge on any atom is -0.343 e. The molecule has 104 valence electrons. The number of benzene rings is 1. The molecule has 0 atom stereocenters. The summed E-state index contributed by atoms with van der Waals surface area (Å²) < 4.78 is 37.5. The van der Waals surface area contributed by atoms with Gasteiger partial charge in [0.25, 0.3) is 0 Å². The fourth-order valence-electron chi connectivity index (χ4n) is 2.30. The summed E-state index contributed by atoms with van der Waals surface area (Å²) in [6.07, 6.45) is 0.860. The van der Waals surface area contributed by atoms with Crippen LogP contribution in [0.2, 0.25) is 0 Å². The topological polar surface area (TPSA) is 54.5 Å². The van der Waals surface area contributed by atoms with E-state index in [1.54, 1.807) is 4.90 Å². The summed E-state index contributed by atoms with van der Waals surface area (Å²) in [7, 11) is -3.43. The maximum Gasteiger partial charge on any atom is 0.219 e. The molecule has 1 aromatic carbocycles. The molecule has 0 saturated carbocycles. The molecule has 1 heterocycles. The van der Waals surface area contributed by atoms with Gasteiger partial charge < -0.3 is 4.90 Å². The van der Waals surface area contributed by atoms with Crippen molar-refractivity contribution in [1.29, 1.82) is 0 Å². The molecular formula is C13H16FNO3S. The van der Waals surface area contributed by atoms with Crippen LogP contribution in [0.15, 0.2) is 29.2 Å². The second-order valence-electron chi connectivity index (χ2n) is 4.70. The van der Waals surface area contributed by atoms with Crippen LogP contribution in [0.5, 0.6) is 0 Å². The summed E-state index contributed by atoms with van der Waals surface area (Å²) in [5.41, 5.74) is 0. The lowest BCUT2D eigenvalue weighted by atomic mass is 10.1. The molecule has 0 bridgehead atoms. The van der Waals surface area contributed by atoms with E-state index in [9.17, 15) is 17.6 Å². The quantitative estimate of drug-likeness (QED) is 0.776. The average Bonchev–Trinajstić information content (AvgIpc) is 2.39. The first-order valence-electron chi connectivity index (χ1n) is 6.16. The Hall–Kier alpha value is -1.43. The monoisotopic (exact) mass is 285 g/mol. The van der Waals surface area contributed by atoms with Crippen LogP contribution in [0.3, 0.4) is 0 Å². The van der Waals surface area contributed by atoms with Crippen molar-refractivity contribution in [2.75, 3.05) is 13.1 Å². The Bertz CT molecular complexity index is 560. The third kappa shape index (κ3) is 2.94. The van der Waals surface area contributed by atoms with Crippen molar-refractivity contribution in [1.82, 2.24) is 4.90 Å². The lowest BCUT2D eigenvalue weighted by Gasteiger charge is -2.30. The van der Waals surface area contributed by atoms with Crippen LogP contribution in [0.4, 0.5) is 4.39 Å². The van der Waals surface area contributed by atoms with Crippen molar-refractivity contribution in [3.63, 3.8) is 0 Å². The zero-order valence-electron chi connectivity index (χ0n) is 10.7. The van der Waals surface area contributed by atoms with Gasteiger partial charge in [0.2, 0.25) is 5.91 Å². The first-order valence-corrected chi connectivity index (χ1v) is 7.71. The molecule has 1 saturated heterocycles. The van der Waals surface area contributed by atoms with Gasteiger partial charge in [-0.15, -0.1) is 0 Å². The second kappa shape index (κ2) is 5.28. The molecule has 1 aliphatic heterocycles. The van der Waals surface area contributed by atoms with Gasteiger partial charge in [-0.05, 0) is 37.1 Å². The van der Waals surface area contributed by atoms with E-state index in [4.69, 9.17) is 0 Å². The highest BCUT2D eigenvalue weighted by Gasteiger charge is 2.31. The number of hydrogen-bond donors (Lipinski definition) is 0. The fourth-order valence-corrected chi connectivity index (χ4v) is 4.03. The number of carbonyl (C=O) groups is 1. The molecule has 0 N–H and O–H groups in total. The Labute approximate surface area is 112 Å². The van der Waals surface area contributed by atoms with Gasteiger partial charge >= 0.3 is 0 Å². The van der Waals surface area contributed by atoms with Crippen LogP contribution in [0.1, 0.15) is 19.8 Å². The third-order valence-electron chi connectivity index (χ3n) is 3.47. The van der Waals surface area contributed by atoms with E-state index < -0.39 is 20.9 Å². The van der Waals surface area contributed by atoms with Crippen LogP contribution in [0.25, 0.3) is 0 Å². The van der Waals surface area contributed by atoms with Crippen molar-refractivity contribution in [3.8, 4) is 0 Å². The average molecular weight is 285 g/mol. The molecule has 1 amide bonds. The third-order valence-corrected chi connectivity index (χ3v) is 5.75. The molecule has 4 nitrogen and oxygen atoms in total. The van der Waals surface area contributed by atoms with Gasteiger partial charge in [0.15, 0.2) is 9.84 Å². The number of piperidine rings is 1. The summed E-state index contributed by atoms with van der Waals surface area (Å²) in [5, 5.41) is -0.492. The Kier molecular flexibility index (Phi) is 3.89. The summed E-state index contributed by atoms with van der Waals surface area (Å²) in [4.78, 5) is 13.0. The first kappa shape index (κ1) is 14.0. The number of carbonyl (C=O) groups excluding carboxylic acids is 1. The van der Waals surface area contributed by atoms with Gasteiger partial charge in [-0.2, -0.15) is 0 Å². The van der Waals surface area contributed by atoms with E-state index in [2.05, 4.69) is 0 Å². The van der Waals surface area contributed by atoms with Crippen molar-refractivity contribution in [2.45, 2.75) is 29.9 Å². The van der Waals surface area contributed by atoms with Crippen molar-refractivity contribution in [2.24, 2.45) is 0 Å². The Balaban J connectivity index is 2.14. The zero-order valence-corrected chi connectivity index (χ0v) is 11.5. The van der Waals surface area contributed by atoms with E-state index in [1.165, 1.54) is 19.1 Å². The summed E-state index contributed by atoms with van der Waals surface area (Å²) in [6.45, 7) is 2.40. The highest BCUT2D eigenvalue weighted by atomic mass is 32.2. The highest BCUT2D eigenvalue weighted by molar-refractivity contribution is 7.92. The van der Waals surface area contributed by atoms with E-state index in [0.29, 0.717) is 25.9 Å². The molecule has 0 aliphatic carbocycles. The number of sulfone groups is 1. The van der Waals surface area contributed by atoms with Gasteiger partial charge in [-0.1, -0.05) is 0 Å². The maximum atomic E-state index is 12.8. The largest absolute Gasteiger partial charge is 0.343 e. The molecule has 1 aromatic rings. The summed E-state index contributed by atoms with van der Waals surface area (Å²) in [6, 6.07) is 4.89. The Morgan fingerprint density at radius 2 is 1.74 bits per heavy atom. The molecule has 1 fully saturated rings. The second-order valence-corrected chi connectivity index (χ2v) is 6.93. The number of halogens is 1. The molecule has 6 heteroatoms. The van der Waals surface area contributed by atoms with Crippen molar-refractivity contribution >= 4 is 15.7 Å². The molecule has 1 aliphatic rings. The number of rotatable bonds is 2. The molecular weight excluding hydrogens is 269 g/mol. The van der Waals surface area contributed by atoms with Crippen LogP contribution in [-0.4, -0.2) is 37.6 Å². The zero-order chi connectivity index (χ0) is 14.0. The lowest BCUT2D eigenvalue weighted by molar-refractivity contribution is -0.129. The number of likely N-dealkylation sites (tertiary alicyclic amines) is 1. The predicted molar refractivity (Wildman–Crippen MR) is 68.9 cm³/mol. The normalized spacial score (nSPS) is 17.5. The standard InChI is InChI=1S/C13H16FNO3S/c1-10(16)15-8-6-13(7-9-15)19(17,18)12-4-2-11(14)3-5-12/h2-5,13H,6-9H2,1H3. The van der Waals surface area contributed by atoms with Gasteiger partial charge in [0.05, 0.1) is 10.1 Å². The van der Waals surface area contributed by atoms with Gasteiger partial charge in [-0.25, -0.2) is 12.8 Å². The van der Waals surface area contributed by atoms with Gasteiger partial charge in [0.1, 0.15) is 5.82 Å². The van der Waals surface area contributed by atoms with Crippen LogP contribution in [0, 0.1) is 5.82 Å². The molecule has 0 aromatic heterocycles. The van der Waals surface area contributed by atoms with Gasteiger partial charge in [-0.3, -0.25) is 4.79 Å². The SMILES string of the molecule is CC(=O)N1CCC(S(=O)(=O)c2ccc(F)cc2)CC1.